The predicted molar refractivity (Wildman–Crippen MR) is 202 cm³/mol. The average Bonchev–Trinajstić information content (AvgIpc) is 3.17. The normalized spacial score (nSPS) is 13.1. The van der Waals surface area contributed by atoms with Crippen LogP contribution in [0.15, 0.2) is 188 Å². The molecule has 1 aromatic heterocycles. The Hall–Kier alpha value is -6.10. The Morgan fingerprint density at radius 3 is 1.50 bits per heavy atom. The van der Waals surface area contributed by atoms with Gasteiger partial charge in [-0.25, -0.2) is 9.97 Å². The van der Waals surface area contributed by atoms with E-state index < -0.39 is 8.07 Å². The van der Waals surface area contributed by atoms with Gasteiger partial charge in [0.1, 0.15) is 0 Å². The molecule has 2 heterocycles. The van der Waals surface area contributed by atoms with Gasteiger partial charge in [-0.1, -0.05) is 146 Å². The Labute approximate surface area is 281 Å². The van der Waals surface area contributed by atoms with Crippen molar-refractivity contribution in [1.82, 2.24) is 9.97 Å². The number of fused-ring (bicyclic) bond motifs is 3. The third kappa shape index (κ3) is 4.42. The van der Waals surface area contributed by atoms with E-state index in [4.69, 9.17) is 9.97 Å². The van der Waals surface area contributed by atoms with E-state index in [2.05, 4.69) is 175 Å². The first-order valence-electron chi connectivity index (χ1n) is 16.4. The first-order valence-corrected chi connectivity index (χ1v) is 18.4. The van der Waals surface area contributed by atoms with E-state index in [9.17, 15) is 0 Å². The second-order valence-corrected chi connectivity index (χ2v) is 15.9. The van der Waals surface area contributed by atoms with Crippen molar-refractivity contribution in [2.24, 2.45) is 0 Å². The molecule has 7 aromatic carbocycles. The molecule has 0 atom stereocenters. The van der Waals surface area contributed by atoms with Crippen LogP contribution in [0.25, 0.3) is 33.5 Å². The van der Waals surface area contributed by atoms with Crippen molar-refractivity contribution in [3.05, 3.63) is 188 Å². The minimum atomic E-state index is -2.64. The minimum Gasteiger partial charge on any atom is -0.311 e. The molecule has 0 N–H and O–H groups in total. The summed E-state index contributed by atoms with van der Waals surface area (Å²) in [5.41, 5.74) is 7.49. The number of benzene rings is 7. The molecule has 0 fully saturated rings. The maximum atomic E-state index is 5.12. The summed E-state index contributed by atoms with van der Waals surface area (Å²) < 4.78 is 0. The van der Waals surface area contributed by atoms with Gasteiger partial charge in [-0.2, -0.15) is 0 Å². The second-order valence-electron chi connectivity index (χ2n) is 12.2. The molecule has 0 saturated carbocycles. The Kier molecular flexibility index (Phi) is 6.80. The quantitative estimate of drug-likeness (QED) is 0.180. The van der Waals surface area contributed by atoms with E-state index in [1.54, 1.807) is 0 Å². The van der Waals surface area contributed by atoms with Gasteiger partial charge in [0.15, 0.2) is 13.9 Å². The lowest BCUT2D eigenvalue weighted by atomic mass is 10.1. The highest BCUT2D eigenvalue weighted by molar-refractivity contribution is 7.21. The molecule has 0 spiro atoms. The molecule has 0 amide bonds. The lowest BCUT2D eigenvalue weighted by Gasteiger charge is -2.45. The molecule has 226 valence electrons. The van der Waals surface area contributed by atoms with Gasteiger partial charge in [0.05, 0.1) is 11.2 Å². The van der Waals surface area contributed by atoms with Crippen LogP contribution in [0.3, 0.4) is 0 Å². The summed E-state index contributed by atoms with van der Waals surface area (Å²) in [7, 11) is -2.64. The summed E-state index contributed by atoms with van der Waals surface area (Å²) in [5.74, 6) is 0.720. The van der Waals surface area contributed by atoms with Crippen LogP contribution in [0, 0.1) is 0 Å². The predicted octanol–water partition coefficient (Wildman–Crippen LogP) is 8.12. The molecule has 0 aliphatic carbocycles. The minimum absolute atomic E-state index is 0.720. The van der Waals surface area contributed by atoms with Gasteiger partial charge in [0.25, 0.3) is 0 Å². The molecular formula is C44H31N3Si. The lowest BCUT2D eigenvalue weighted by Crippen LogP contribution is -2.77. The zero-order valence-corrected chi connectivity index (χ0v) is 27.2. The van der Waals surface area contributed by atoms with Gasteiger partial charge < -0.3 is 4.90 Å². The van der Waals surface area contributed by atoms with Crippen molar-refractivity contribution >= 4 is 56.8 Å². The number of aromatic nitrogens is 2. The summed E-state index contributed by atoms with van der Waals surface area (Å²) >= 11 is 0. The Balaban J connectivity index is 1.22. The molecule has 1 aliphatic heterocycles. The van der Waals surface area contributed by atoms with Crippen molar-refractivity contribution in [2.75, 3.05) is 4.90 Å². The molecule has 9 rings (SSSR count). The number of nitrogens with zero attached hydrogens (tertiary/aromatic N) is 3. The molecule has 0 unspecified atom stereocenters. The Morgan fingerprint density at radius 1 is 0.396 bits per heavy atom. The van der Waals surface area contributed by atoms with E-state index in [0.29, 0.717) is 0 Å². The van der Waals surface area contributed by atoms with Crippen molar-refractivity contribution in [3.8, 4) is 22.6 Å². The third-order valence-electron chi connectivity index (χ3n) is 9.55. The number of para-hydroxylation sites is 3. The highest BCUT2D eigenvalue weighted by Gasteiger charge is 2.48. The number of rotatable bonds is 5. The van der Waals surface area contributed by atoms with Crippen LogP contribution >= 0.6 is 0 Å². The van der Waals surface area contributed by atoms with Crippen LogP contribution in [-0.2, 0) is 0 Å². The molecule has 8 aromatic rings. The van der Waals surface area contributed by atoms with Gasteiger partial charge in [0, 0.05) is 33.6 Å². The van der Waals surface area contributed by atoms with Crippen molar-refractivity contribution in [2.45, 2.75) is 0 Å². The number of anilines is 3. The van der Waals surface area contributed by atoms with Gasteiger partial charge >= 0.3 is 0 Å². The van der Waals surface area contributed by atoms with Crippen LogP contribution in [-0.4, -0.2) is 18.0 Å². The highest BCUT2D eigenvalue weighted by Crippen LogP contribution is 2.39. The van der Waals surface area contributed by atoms with Crippen LogP contribution in [0.4, 0.5) is 17.1 Å². The van der Waals surface area contributed by atoms with Crippen LogP contribution < -0.4 is 25.6 Å². The third-order valence-corrected chi connectivity index (χ3v) is 14.4. The van der Waals surface area contributed by atoms with E-state index >= 15 is 0 Å². The number of hydrogen-bond donors (Lipinski definition) is 0. The van der Waals surface area contributed by atoms with Crippen LogP contribution in [0.5, 0.6) is 0 Å². The summed E-state index contributed by atoms with van der Waals surface area (Å²) in [6.45, 7) is 0. The summed E-state index contributed by atoms with van der Waals surface area (Å²) in [6, 6.07) is 67.6. The van der Waals surface area contributed by atoms with Gasteiger partial charge in [0.2, 0.25) is 0 Å². The first-order chi connectivity index (χ1) is 23.8. The fourth-order valence-electron chi connectivity index (χ4n) is 7.47. The van der Waals surface area contributed by atoms with E-state index in [1.165, 1.54) is 32.1 Å². The molecule has 4 heteroatoms. The molecule has 48 heavy (non-hydrogen) atoms. The maximum Gasteiger partial charge on any atom is 0.184 e. The van der Waals surface area contributed by atoms with E-state index in [0.717, 1.165) is 39.2 Å². The van der Waals surface area contributed by atoms with Crippen LogP contribution in [0.2, 0.25) is 0 Å². The highest BCUT2D eigenvalue weighted by atomic mass is 28.3. The topological polar surface area (TPSA) is 29.0 Å². The summed E-state index contributed by atoms with van der Waals surface area (Å²) in [4.78, 5) is 12.6. The Bertz CT molecular complexity index is 2300. The maximum absolute atomic E-state index is 5.12. The molecule has 0 saturated heterocycles. The summed E-state index contributed by atoms with van der Waals surface area (Å²) in [6.07, 6.45) is 0. The molecular weight excluding hydrogens is 599 g/mol. The van der Waals surface area contributed by atoms with Crippen LogP contribution in [0.1, 0.15) is 0 Å². The fraction of sp³-hybridized carbons (Fsp3) is 0. The largest absolute Gasteiger partial charge is 0.311 e. The smallest absolute Gasteiger partial charge is 0.184 e. The van der Waals surface area contributed by atoms with E-state index in [-0.39, 0.29) is 0 Å². The zero-order valence-electron chi connectivity index (χ0n) is 26.2. The van der Waals surface area contributed by atoms with Gasteiger partial charge in [-0.15, -0.1) is 0 Å². The standard InChI is InChI=1S/C44H31N3Si/c1-4-16-32(17-5-1)43-37-22-10-11-23-38(37)45-44(46-43)33-28-30-34(31-29-33)47-39-24-12-14-26-41(39)48(35-18-6-2-7-19-35,36-20-8-3-9-21-36)42-27-15-13-25-40(42)47/h1-31H. The summed E-state index contributed by atoms with van der Waals surface area (Å²) in [5, 5.41) is 6.59. The lowest BCUT2D eigenvalue weighted by molar-refractivity contribution is 1.22. The van der Waals surface area contributed by atoms with Gasteiger partial charge in [-0.3, -0.25) is 0 Å². The monoisotopic (exact) mass is 629 g/mol. The number of hydrogen-bond acceptors (Lipinski definition) is 3. The van der Waals surface area contributed by atoms with Gasteiger partial charge in [-0.05, 0) is 63.2 Å². The van der Waals surface area contributed by atoms with Crippen molar-refractivity contribution in [1.29, 1.82) is 0 Å². The molecule has 0 radical (unpaired) electrons. The molecule has 1 aliphatic rings. The zero-order chi connectivity index (χ0) is 31.9. The molecule has 0 bridgehead atoms. The molecule has 3 nitrogen and oxygen atoms in total. The SMILES string of the molecule is c1ccc(-c2nc(-c3ccc(N4c5ccccc5[Si](c5ccccc5)(c5ccccc5)c5ccccc54)cc3)nc3ccccc23)cc1. The fourth-order valence-corrected chi connectivity index (χ4v) is 12.6. The second kappa shape index (κ2) is 11.6. The first kappa shape index (κ1) is 28.1. The van der Waals surface area contributed by atoms with Crippen molar-refractivity contribution in [3.63, 3.8) is 0 Å². The Morgan fingerprint density at radius 2 is 0.896 bits per heavy atom. The van der Waals surface area contributed by atoms with Crippen molar-refractivity contribution < 1.29 is 0 Å². The average molecular weight is 630 g/mol. The van der Waals surface area contributed by atoms with E-state index in [1.807, 2.05) is 18.2 Å².